The van der Waals surface area contributed by atoms with Gasteiger partial charge in [0, 0.05) is 0 Å². The van der Waals surface area contributed by atoms with Crippen molar-refractivity contribution < 1.29 is 12.6 Å². The summed E-state index contributed by atoms with van der Waals surface area (Å²) in [4.78, 5) is 0.112. The lowest BCUT2D eigenvalue weighted by atomic mass is 10.2. The van der Waals surface area contributed by atoms with Crippen LogP contribution in [0.15, 0.2) is 29.2 Å². The molecule has 13 heavy (non-hydrogen) atoms. The topological polar surface area (TPSA) is 63.2 Å². The van der Waals surface area contributed by atoms with Crippen molar-refractivity contribution in [3.05, 3.63) is 29.8 Å². The molecule has 1 aromatic carbocycles. The van der Waals surface area contributed by atoms with Crippen molar-refractivity contribution in [1.29, 1.82) is 0 Å². The molecule has 0 heterocycles. The van der Waals surface area contributed by atoms with Crippen molar-refractivity contribution in [3.63, 3.8) is 0 Å². The van der Waals surface area contributed by atoms with E-state index < -0.39 is 21.9 Å². The first-order valence-corrected chi connectivity index (χ1v) is 5.76. The highest BCUT2D eigenvalue weighted by molar-refractivity contribution is 7.96. The number of hydrogen-bond acceptors (Lipinski definition) is 3. The summed E-state index contributed by atoms with van der Waals surface area (Å²) in [7, 11) is -3.60. The molecule has 0 amide bonds. The monoisotopic (exact) mass is 219 g/mol. The van der Waals surface area contributed by atoms with Crippen molar-refractivity contribution in [2.24, 2.45) is 0 Å². The van der Waals surface area contributed by atoms with E-state index in [9.17, 15) is 12.6 Å². The van der Waals surface area contributed by atoms with Gasteiger partial charge in [0.25, 0.3) is 10.0 Å². The highest BCUT2D eigenvalue weighted by Gasteiger charge is 2.11. The molecule has 4 nitrogen and oxygen atoms in total. The van der Waals surface area contributed by atoms with E-state index in [1.807, 2.05) is 11.1 Å². The van der Waals surface area contributed by atoms with E-state index in [0.29, 0.717) is 0 Å². The number of rotatable bonds is 3. The van der Waals surface area contributed by atoms with Gasteiger partial charge in [-0.05, 0) is 19.1 Å². The van der Waals surface area contributed by atoms with Crippen molar-refractivity contribution in [2.75, 3.05) is 0 Å². The molecule has 0 spiro atoms. The molecular weight excluding hydrogens is 210 g/mol. The SMILES string of the molecule is Cc1ccc(S(=O)(=O)N[SH]=O)cc1. The molecule has 0 saturated carbocycles. The van der Waals surface area contributed by atoms with Crippen LogP contribution < -0.4 is 4.13 Å². The van der Waals surface area contributed by atoms with E-state index in [1.54, 1.807) is 12.1 Å². The van der Waals surface area contributed by atoms with Gasteiger partial charge in [0.05, 0.1) is 16.7 Å². The Bertz CT molecular complexity index is 396. The van der Waals surface area contributed by atoms with E-state index in [1.165, 1.54) is 12.1 Å². The normalized spacial score (nSPS) is 11.5. The zero-order valence-corrected chi connectivity index (χ0v) is 8.60. The maximum atomic E-state index is 11.2. The van der Waals surface area contributed by atoms with Gasteiger partial charge in [-0.25, -0.2) is 12.6 Å². The fraction of sp³-hybridized carbons (Fsp3) is 0.143. The molecule has 6 heteroatoms. The lowest BCUT2D eigenvalue weighted by Crippen LogP contribution is -2.18. The van der Waals surface area contributed by atoms with Crippen molar-refractivity contribution >= 4 is 21.9 Å². The average Bonchev–Trinajstić information content (AvgIpc) is 2.05. The number of thiol groups is 1. The predicted octanol–water partition coefficient (Wildman–Crippen LogP) is 0.134. The van der Waals surface area contributed by atoms with Gasteiger partial charge in [0.2, 0.25) is 0 Å². The third-order valence-corrected chi connectivity index (χ3v) is 3.64. The lowest BCUT2D eigenvalue weighted by molar-refractivity contribution is 0.593. The maximum absolute atomic E-state index is 11.2. The summed E-state index contributed by atoms with van der Waals surface area (Å²) in [6.07, 6.45) is 0. The Kier molecular flexibility index (Phi) is 3.18. The standard InChI is InChI=1S/C7H9NO3S2/c1-6-2-4-7(5-3-6)13(10,11)8-12-9/h2-5,12H,1H3,(H,8,9). The Morgan fingerprint density at radius 3 is 2.23 bits per heavy atom. The molecule has 0 aromatic heterocycles. The van der Waals surface area contributed by atoms with E-state index >= 15 is 0 Å². The molecule has 0 aliphatic carbocycles. The highest BCUT2D eigenvalue weighted by Crippen LogP contribution is 2.08. The summed E-state index contributed by atoms with van der Waals surface area (Å²) >= 11 is -0.618. The summed E-state index contributed by atoms with van der Waals surface area (Å²) in [6, 6.07) is 6.28. The van der Waals surface area contributed by atoms with E-state index in [2.05, 4.69) is 0 Å². The summed E-state index contributed by atoms with van der Waals surface area (Å²) in [5.41, 5.74) is 0.971. The van der Waals surface area contributed by atoms with E-state index in [4.69, 9.17) is 0 Å². The minimum Gasteiger partial charge on any atom is -0.245 e. The van der Waals surface area contributed by atoms with Crippen LogP contribution in [0.1, 0.15) is 5.56 Å². The van der Waals surface area contributed by atoms with Crippen LogP contribution in [0.25, 0.3) is 0 Å². The van der Waals surface area contributed by atoms with Crippen LogP contribution >= 0.6 is 0 Å². The average molecular weight is 219 g/mol. The predicted molar refractivity (Wildman–Crippen MR) is 51.0 cm³/mol. The van der Waals surface area contributed by atoms with Gasteiger partial charge in [-0.2, -0.15) is 0 Å². The Labute approximate surface area is 80.6 Å². The van der Waals surface area contributed by atoms with Gasteiger partial charge in [0.1, 0.15) is 0 Å². The first-order valence-electron chi connectivity index (χ1n) is 3.47. The fourth-order valence-corrected chi connectivity index (χ4v) is 2.13. The van der Waals surface area contributed by atoms with Gasteiger partial charge in [0.15, 0.2) is 0 Å². The molecule has 1 N–H and O–H groups in total. The van der Waals surface area contributed by atoms with Crippen LogP contribution in [-0.4, -0.2) is 12.6 Å². The quantitative estimate of drug-likeness (QED) is 0.710. The lowest BCUT2D eigenvalue weighted by Gasteiger charge is -2.00. The molecule has 0 unspecified atom stereocenters. The smallest absolute Gasteiger partial charge is 0.245 e. The molecule has 0 atom stereocenters. The summed E-state index contributed by atoms with van der Waals surface area (Å²) < 4.78 is 34.4. The van der Waals surface area contributed by atoms with Crippen LogP contribution in [0, 0.1) is 6.92 Å². The Balaban J connectivity index is 3.08. The number of nitrogens with one attached hydrogen (secondary N) is 1. The zero-order chi connectivity index (χ0) is 9.90. The number of aryl methyl sites for hydroxylation is 1. The molecule has 0 radical (unpaired) electrons. The van der Waals surface area contributed by atoms with E-state index in [0.717, 1.165) is 5.56 Å². The number of benzene rings is 1. The molecule has 0 fully saturated rings. The number of hydrogen-bond donors (Lipinski definition) is 2. The summed E-state index contributed by atoms with van der Waals surface area (Å²) in [5, 5.41) is 0. The Hall–Kier alpha value is -0.720. The van der Waals surface area contributed by atoms with Crippen LogP contribution in [0.5, 0.6) is 0 Å². The van der Waals surface area contributed by atoms with Crippen molar-refractivity contribution in [3.8, 4) is 0 Å². The van der Waals surface area contributed by atoms with Crippen molar-refractivity contribution in [2.45, 2.75) is 11.8 Å². The fourth-order valence-electron chi connectivity index (χ4n) is 0.819. The maximum Gasteiger partial charge on any atom is 0.251 e. The van der Waals surface area contributed by atoms with Crippen LogP contribution in [0.2, 0.25) is 0 Å². The molecule has 72 valence electrons. The minimum absolute atomic E-state index is 0.112. The molecule has 0 saturated heterocycles. The molecule has 0 bridgehead atoms. The number of sulfonamides is 1. The zero-order valence-electron chi connectivity index (χ0n) is 6.89. The molecule has 0 aliphatic rings. The first kappa shape index (κ1) is 10.4. The molecule has 0 aliphatic heterocycles. The largest absolute Gasteiger partial charge is 0.251 e. The van der Waals surface area contributed by atoms with Gasteiger partial charge in [-0.3, -0.25) is 0 Å². The third-order valence-electron chi connectivity index (χ3n) is 1.49. The molecule has 1 rings (SSSR count). The van der Waals surface area contributed by atoms with Crippen LogP contribution in [0.4, 0.5) is 0 Å². The van der Waals surface area contributed by atoms with Crippen LogP contribution in [0.3, 0.4) is 0 Å². The van der Waals surface area contributed by atoms with Crippen LogP contribution in [-0.2, 0) is 21.9 Å². The van der Waals surface area contributed by atoms with Gasteiger partial charge < -0.3 is 0 Å². The second-order valence-corrected chi connectivity index (χ2v) is 4.89. The van der Waals surface area contributed by atoms with Crippen molar-refractivity contribution in [1.82, 2.24) is 4.13 Å². The Morgan fingerprint density at radius 1 is 1.23 bits per heavy atom. The van der Waals surface area contributed by atoms with Gasteiger partial charge in [-0.1, -0.05) is 17.7 Å². The Morgan fingerprint density at radius 2 is 1.77 bits per heavy atom. The second-order valence-electron chi connectivity index (χ2n) is 2.50. The van der Waals surface area contributed by atoms with E-state index in [-0.39, 0.29) is 4.90 Å². The summed E-state index contributed by atoms with van der Waals surface area (Å²) in [6.45, 7) is 1.86. The minimum atomic E-state index is -3.60. The molecule has 1 aromatic rings. The van der Waals surface area contributed by atoms with Gasteiger partial charge >= 0.3 is 0 Å². The highest BCUT2D eigenvalue weighted by atomic mass is 32.3. The second kappa shape index (κ2) is 3.99. The summed E-state index contributed by atoms with van der Waals surface area (Å²) in [5.74, 6) is 0. The first-order chi connectivity index (χ1) is 6.06. The third kappa shape index (κ3) is 2.61. The van der Waals surface area contributed by atoms with Gasteiger partial charge in [-0.15, -0.1) is 4.13 Å². The molecular formula is C7H9NO3S2.